The lowest BCUT2D eigenvalue weighted by Crippen LogP contribution is -2.38. The summed E-state index contributed by atoms with van der Waals surface area (Å²) >= 11 is 0. The number of carbonyl (C=O) groups is 1. The van der Waals surface area contributed by atoms with Crippen LogP contribution in [-0.2, 0) is 16.1 Å². The highest BCUT2D eigenvalue weighted by atomic mass is 16.5. The number of rotatable bonds is 4. The number of benzene rings is 1. The lowest BCUT2D eigenvalue weighted by Gasteiger charge is -2.29. The molecule has 0 bridgehead atoms. The smallest absolute Gasteiger partial charge is 0.337 e. The lowest BCUT2D eigenvalue weighted by molar-refractivity contribution is -0.136. The van der Waals surface area contributed by atoms with E-state index < -0.39 is 23.1 Å². The zero-order valence-electron chi connectivity index (χ0n) is 15.3. The fraction of sp³-hybridized carbons (Fsp3) is 0.350. The summed E-state index contributed by atoms with van der Waals surface area (Å²) in [4.78, 5) is 40.1. The summed E-state index contributed by atoms with van der Waals surface area (Å²) in [6.45, 7) is 4.58. The van der Waals surface area contributed by atoms with Gasteiger partial charge in [-0.05, 0) is 24.5 Å². The Labute approximate surface area is 155 Å². The van der Waals surface area contributed by atoms with E-state index in [2.05, 4.69) is 10.3 Å². The molecule has 1 atom stereocenters. The maximum Gasteiger partial charge on any atom is 0.337 e. The first-order chi connectivity index (χ1) is 13.0. The predicted octanol–water partition coefficient (Wildman–Crippen LogP) is 2.01. The number of unbranched alkanes of at least 4 members (excludes halogenated alkanes) is 1. The Morgan fingerprint density at radius 3 is 2.74 bits per heavy atom. The first-order valence-corrected chi connectivity index (χ1v) is 9.12. The number of carbonyl (C=O) groups excluding carboxylic acids is 1. The highest BCUT2D eigenvalue weighted by Crippen LogP contribution is 2.43. The molecule has 4 rings (SSSR count). The minimum atomic E-state index is -0.565. The van der Waals surface area contributed by atoms with Crippen molar-refractivity contribution in [2.24, 2.45) is 0 Å². The Morgan fingerprint density at radius 2 is 2.00 bits per heavy atom. The van der Waals surface area contributed by atoms with Crippen molar-refractivity contribution in [3.05, 3.63) is 73.1 Å². The second-order valence-electron chi connectivity index (χ2n) is 6.91. The monoisotopic (exact) mass is 367 g/mol. The van der Waals surface area contributed by atoms with E-state index in [1.807, 2.05) is 38.1 Å². The number of cyclic esters (lactones) is 1. The normalized spacial score (nSPS) is 18.0. The minimum absolute atomic E-state index is 0.116. The molecule has 7 heteroatoms. The van der Waals surface area contributed by atoms with Gasteiger partial charge in [0, 0.05) is 6.54 Å². The van der Waals surface area contributed by atoms with E-state index in [1.165, 1.54) is 0 Å². The molecule has 0 spiro atoms. The predicted molar refractivity (Wildman–Crippen MR) is 101 cm³/mol. The van der Waals surface area contributed by atoms with Crippen molar-refractivity contribution in [3.63, 3.8) is 0 Å². The summed E-state index contributed by atoms with van der Waals surface area (Å²) in [5.41, 5.74) is 2.36. The maximum atomic E-state index is 12.8. The molecule has 2 aliphatic rings. The molecule has 140 valence electrons. The van der Waals surface area contributed by atoms with Crippen LogP contribution in [0, 0.1) is 6.92 Å². The van der Waals surface area contributed by atoms with Gasteiger partial charge in [-0.1, -0.05) is 37.6 Å². The molecule has 1 aromatic heterocycles. The summed E-state index contributed by atoms with van der Waals surface area (Å²) in [5.74, 6) is -0.533. The summed E-state index contributed by atoms with van der Waals surface area (Å²) in [7, 11) is 0. The summed E-state index contributed by atoms with van der Waals surface area (Å²) in [6, 6.07) is 7.65. The number of aromatic nitrogens is 2. The number of H-pyrrole nitrogens is 1. The van der Waals surface area contributed by atoms with Crippen molar-refractivity contribution in [1.82, 2.24) is 9.55 Å². The first kappa shape index (κ1) is 17.3. The summed E-state index contributed by atoms with van der Waals surface area (Å²) < 4.78 is 6.79. The van der Waals surface area contributed by atoms with Crippen LogP contribution in [0.2, 0.25) is 0 Å². The van der Waals surface area contributed by atoms with Gasteiger partial charge in [0.1, 0.15) is 12.4 Å². The van der Waals surface area contributed by atoms with Gasteiger partial charge in [-0.15, -0.1) is 0 Å². The molecule has 0 saturated heterocycles. The van der Waals surface area contributed by atoms with E-state index in [-0.39, 0.29) is 6.61 Å². The first-order valence-electron chi connectivity index (χ1n) is 9.12. The third-order valence-corrected chi connectivity index (χ3v) is 5.21. The molecule has 0 unspecified atom stereocenters. The van der Waals surface area contributed by atoms with Gasteiger partial charge in [0.05, 0.1) is 22.8 Å². The van der Waals surface area contributed by atoms with Crippen LogP contribution in [0.4, 0.5) is 5.82 Å². The average molecular weight is 367 g/mol. The fourth-order valence-corrected chi connectivity index (χ4v) is 3.84. The molecule has 0 fully saturated rings. The Morgan fingerprint density at radius 1 is 1.22 bits per heavy atom. The molecule has 0 radical (unpaired) electrons. The molecule has 0 amide bonds. The van der Waals surface area contributed by atoms with Crippen LogP contribution in [0.3, 0.4) is 0 Å². The molecule has 27 heavy (non-hydrogen) atoms. The molecule has 2 N–H and O–H groups in total. The Bertz CT molecular complexity index is 1080. The van der Waals surface area contributed by atoms with Gasteiger partial charge < -0.3 is 10.1 Å². The molecule has 3 heterocycles. The zero-order valence-corrected chi connectivity index (χ0v) is 15.3. The van der Waals surface area contributed by atoms with E-state index in [9.17, 15) is 14.4 Å². The number of fused-ring (bicyclic) bond motifs is 1. The number of nitrogens with zero attached hydrogens (tertiary/aromatic N) is 1. The van der Waals surface area contributed by atoms with Crippen molar-refractivity contribution in [2.45, 2.75) is 39.2 Å². The number of aryl methyl sites for hydroxylation is 1. The van der Waals surface area contributed by atoms with Crippen molar-refractivity contribution in [3.8, 4) is 0 Å². The largest absolute Gasteiger partial charge is 0.456 e. The molecule has 2 aromatic rings. The number of nitrogens with one attached hydrogen (secondary N) is 2. The fourth-order valence-electron chi connectivity index (χ4n) is 3.84. The Kier molecular flexibility index (Phi) is 4.22. The molecular formula is C20H21N3O4. The number of ether oxygens (including phenoxy) is 1. The topological polar surface area (TPSA) is 93.2 Å². The van der Waals surface area contributed by atoms with Crippen LogP contribution in [-0.4, -0.2) is 22.1 Å². The highest BCUT2D eigenvalue weighted by Gasteiger charge is 2.41. The second kappa shape index (κ2) is 6.57. The number of hydrogen-bond donors (Lipinski definition) is 2. The molecule has 7 nitrogen and oxygen atoms in total. The average Bonchev–Trinajstić information content (AvgIpc) is 3.01. The summed E-state index contributed by atoms with van der Waals surface area (Å²) in [6.07, 6.45) is 1.72. The molecular weight excluding hydrogens is 346 g/mol. The quantitative estimate of drug-likeness (QED) is 0.807. The van der Waals surface area contributed by atoms with Gasteiger partial charge in [-0.3, -0.25) is 14.3 Å². The third kappa shape index (κ3) is 2.70. The van der Waals surface area contributed by atoms with E-state index in [4.69, 9.17) is 4.74 Å². The zero-order chi connectivity index (χ0) is 19.1. The Hall–Kier alpha value is -3.09. The van der Waals surface area contributed by atoms with Gasteiger partial charge in [-0.25, -0.2) is 9.59 Å². The molecule has 0 saturated carbocycles. The number of esters is 1. The maximum absolute atomic E-state index is 12.8. The lowest BCUT2D eigenvalue weighted by atomic mass is 9.81. The van der Waals surface area contributed by atoms with Crippen LogP contribution >= 0.6 is 0 Å². The van der Waals surface area contributed by atoms with Gasteiger partial charge in [-0.2, -0.15) is 0 Å². The minimum Gasteiger partial charge on any atom is -0.456 e. The van der Waals surface area contributed by atoms with Crippen LogP contribution in [0.25, 0.3) is 0 Å². The third-order valence-electron chi connectivity index (χ3n) is 5.21. The van der Waals surface area contributed by atoms with Gasteiger partial charge in [0.15, 0.2) is 0 Å². The van der Waals surface area contributed by atoms with E-state index >= 15 is 0 Å². The van der Waals surface area contributed by atoms with Crippen molar-refractivity contribution in [2.75, 3.05) is 11.9 Å². The van der Waals surface area contributed by atoms with Crippen molar-refractivity contribution in [1.29, 1.82) is 0 Å². The standard InChI is InChI=1S/C20H21N3O4/c1-3-4-9-23-17-16(18(24)22-20(23)26)14(12-8-6-5-7-11(12)2)15-13(21-17)10-27-19(15)25/h5-8,14,21H,3-4,9-10H2,1-2H3,(H,22,24,26)/t14-/m0/s1. The summed E-state index contributed by atoms with van der Waals surface area (Å²) in [5, 5.41) is 3.14. The van der Waals surface area contributed by atoms with E-state index in [0.29, 0.717) is 29.2 Å². The number of hydrogen-bond acceptors (Lipinski definition) is 5. The van der Waals surface area contributed by atoms with Crippen LogP contribution < -0.4 is 16.6 Å². The number of aromatic amines is 1. The Balaban J connectivity index is 2.02. The second-order valence-corrected chi connectivity index (χ2v) is 6.91. The van der Waals surface area contributed by atoms with Crippen molar-refractivity contribution >= 4 is 11.8 Å². The SMILES string of the molecule is CCCCn1c2c(c(=O)[nH]c1=O)[C@@H](c1ccccc1C)C1=C(COC1=O)N2. The molecule has 2 aliphatic heterocycles. The van der Waals surface area contributed by atoms with Gasteiger partial charge in [0.25, 0.3) is 5.56 Å². The van der Waals surface area contributed by atoms with E-state index in [0.717, 1.165) is 24.0 Å². The molecule has 0 aliphatic carbocycles. The number of anilines is 1. The highest BCUT2D eigenvalue weighted by molar-refractivity contribution is 5.97. The van der Waals surface area contributed by atoms with Crippen molar-refractivity contribution < 1.29 is 9.53 Å². The van der Waals surface area contributed by atoms with Crippen LogP contribution in [0.15, 0.2) is 45.1 Å². The van der Waals surface area contributed by atoms with Crippen LogP contribution in [0.5, 0.6) is 0 Å². The molecule has 1 aromatic carbocycles. The van der Waals surface area contributed by atoms with Gasteiger partial charge in [0.2, 0.25) is 0 Å². The van der Waals surface area contributed by atoms with Crippen LogP contribution in [0.1, 0.15) is 42.4 Å². The van der Waals surface area contributed by atoms with E-state index in [1.54, 1.807) is 4.57 Å². The van der Waals surface area contributed by atoms with Gasteiger partial charge >= 0.3 is 11.7 Å².